The number of hydrogen-bond acceptors (Lipinski definition) is 4. The van der Waals surface area contributed by atoms with Crippen molar-refractivity contribution in [1.29, 1.82) is 0 Å². The zero-order chi connectivity index (χ0) is 19.2. The van der Waals surface area contributed by atoms with Crippen LogP contribution in [0.2, 0.25) is 0 Å². The van der Waals surface area contributed by atoms with Crippen LogP contribution in [0, 0.1) is 0 Å². The molecule has 0 spiro atoms. The summed E-state index contributed by atoms with van der Waals surface area (Å²) >= 11 is 1.40. The number of aromatic nitrogens is 3. The SMILES string of the molecule is O=C(CSc1nc(-c2ccccc2)cn1-c1ccccc1)Nc1cccnc1. The topological polar surface area (TPSA) is 59.8 Å². The first-order valence-corrected chi connectivity index (χ1v) is 9.81. The Bertz CT molecular complexity index is 1050. The van der Waals surface area contributed by atoms with Gasteiger partial charge < -0.3 is 5.32 Å². The Hall–Kier alpha value is -3.38. The zero-order valence-electron chi connectivity index (χ0n) is 15.0. The number of imidazole rings is 1. The van der Waals surface area contributed by atoms with Crippen molar-refractivity contribution >= 4 is 23.4 Å². The monoisotopic (exact) mass is 386 g/mol. The molecule has 2 heterocycles. The number of amides is 1. The Kier molecular flexibility index (Phi) is 5.49. The minimum absolute atomic E-state index is 0.0955. The summed E-state index contributed by atoms with van der Waals surface area (Å²) in [4.78, 5) is 21.1. The van der Waals surface area contributed by atoms with E-state index in [0.29, 0.717) is 5.69 Å². The van der Waals surface area contributed by atoms with Crippen LogP contribution >= 0.6 is 11.8 Å². The number of nitrogens with one attached hydrogen (secondary N) is 1. The van der Waals surface area contributed by atoms with Crippen molar-refractivity contribution in [2.24, 2.45) is 0 Å². The van der Waals surface area contributed by atoms with Crippen LogP contribution in [-0.4, -0.2) is 26.2 Å². The second-order valence-corrected chi connectivity index (χ2v) is 7.00. The Morgan fingerprint density at radius 3 is 2.43 bits per heavy atom. The summed E-state index contributed by atoms with van der Waals surface area (Å²) in [6.45, 7) is 0. The van der Waals surface area contributed by atoms with Gasteiger partial charge in [0.05, 0.1) is 23.3 Å². The van der Waals surface area contributed by atoms with Gasteiger partial charge in [-0.3, -0.25) is 14.3 Å². The molecule has 0 fully saturated rings. The third-order valence-corrected chi connectivity index (χ3v) is 5.01. The zero-order valence-corrected chi connectivity index (χ0v) is 15.8. The summed E-state index contributed by atoms with van der Waals surface area (Å²) in [5, 5.41) is 3.62. The average molecular weight is 386 g/mol. The van der Waals surface area contributed by atoms with Crippen LogP contribution in [0.25, 0.3) is 16.9 Å². The minimum atomic E-state index is -0.0955. The molecule has 0 radical (unpaired) electrons. The maximum atomic E-state index is 12.3. The molecule has 0 saturated heterocycles. The Labute approximate surface area is 167 Å². The van der Waals surface area contributed by atoms with Crippen LogP contribution in [0.3, 0.4) is 0 Å². The van der Waals surface area contributed by atoms with Gasteiger partial charge in [-0.1, -0.05) is 60.3 Å². The summed E-state index contributed by atoms with van der Waals surface area (Å²) in [7, 11) is 0. The van der Waals surface area contributed by atoms with Crippen LogP contribution < -0.4 is 5.32 Å². The fraction of sp³-hybridized carbons (Fsp3) is 0.0455. The quantitative estimate of drug-likeness (QED) is 0.490. The van der Waals surface area contributed by atoms with Gasteiger partial charge in [-0.2, -0.15) is 0 Å². The highest BCUT2D eigenvalue weighted by atomic mass is 32.2. The molecule has 2 aromatic heterocycles. The number of pyridine rings is 1. The third-order valence-electron chi connectivity index (χ3n) is 4.06. The summed E-state index contributed by atoms with van der Waals surface area (Å²) in [5.74, 6) is 0.161. The smallest absolute Gasteiger partial charge is 0.234 e. The fourth-order valence-electron chi connectivity index (χ4n) is 2.75. The van der Waals surface area contributed by atoms with Crippen molar-refractivity contribution in [2.45, 2.75) is 5.16 Å². The van der Waals surface area contributed by atoms with Crippen LogP contribution in [0.15, 0.2) is 96.5 Å². The largest absolute Gasteiger partial charge is 0.324 e. The molecule has 2 aromatic carbocycles. The van der Waals surface area contributed by atoms with Gasteiger partial charge in [0, 0.05) is 23.6 Å². The number of nitrogens with zero attached hydrogens (tertiary/aromatic N) is 3. The highest BCUT2D eigenvalue weighted by Gasteiger charge is 2.13. The summed E-state index contributed by atoms with van der Waals surface area (Å²) in [5.41, 5.74) is 3.61. The molecule has 28 heavy (non-hydrogen) atoms. The first-order chi connectivity index (χ1) is 13.8. The van der Waals surface area contributed by atoms with Crippen molar-refractivity contribution in [1.82, 2.24) is 14.5 Å². The second kappa shape index (κ2) is 8.54. The van der Waals surface area contributed by atoms with E-state index in [1.807, 2.05) is 77.5 Å². The molecule has 0 aliphatic rings. The lowest BCUT2D eigenvalue weighted by Crippen LogP contribution is -2.14. The molecule has 1 N–H and O–H groups in total. The van der Waals surface area contributed by atoms with E-state index in [0.717, 1.165) is 22.1 Å². The van der Waals surface area contributed by atoms with Gasteiger partial charge in [0.25, 0.3) is 0 Å². The van der Waals surface area contributed by atoms with Crippen molar-refractivity contribution in [3.63, 3.8) is 0 Å². The molecule has 0 saturated carbocycles. The molecule has 0 aliphatic heterocycles. The van der Waals surface area contributed by atoms with Gasteiger partial charge >= 0.3 is 0 Å². The van der Waals surface area contributed by atoms with Crippen LogP contribution in [0.5, 0.6) is 0 Å². The minimum Gasteiger partial charge on any atom is -0.324 e. The maximum absolute atomic E-state index is 12.3. The number of anilines is 1. The van der Waals surface area contributed by atoms with E-state index in [1.165, 1.54) is 11.8 Å². The molecule has 5 nitrogen and oxygen atoms in total. The lowest BCUT2D eigenvalue weighted by atomic mass is 10.2. The second-order valence-electron chi connectivity index (χ2n) is 6.06. The van der Waals surface area contributed by atoms with Gasteiger partial charge in [-0.05, 0) is 24.3 Å². The van der Waals surface area contributed by atoms with E-state index in [9.17, 15) is 4.79 Å². The summed E-state index contributed by atoms with van der Waals surface area (Å²) < 4.78 is 2.02. The Balaban J connectivity index is 1.56. The number of carbonyl (C=O) groups is 1. The number of para-hydroxylation sites is 1. The number of thioether (sulfide) groups is 1. The highest BCUT2D eigenvalue weighted by molar-refractivity contribution is 7.99. The van der Waals surface area contributed by atoms with Crippen molar-refractivity contribution in [3.8, 4) is 16.9 Å². The van der Waals surface area contributed by atoms with Gasteiger partial charge in [0.2, 0.25) is 5.91 Å². The Morgan fingerprint density at radius 1 is 0.964 bits per heavy atom. The van der Waals surface area contributed by atoms with Crippen LogP contribution in [0.1, 0.15) is 0 Å². The van der Waals surface area contributed by atoms with Gasteiger partial charge in [0.15, 0.2) is 5.16 Å². The van der Waals surface area contributed by atoms with E-state index < -0.39 is 0 Å². The molecular formula is C22H18N4OS. The van der Waals surface area contributed by atoms with Gasteiger partial charge in [-0.15, -0.1) is 0 Å². The lowest BCUT2D eigenvalue weighted by molar-refractivity contribution is -0.113. The lowest BCUT2D eigenvalue weighted by Gasteiger charge is -2.07. The Morgan fingerprint density at radius 2 is 1.71 bits per heavy atom. The average Bonchev–Trinajstić information content (AvgIpc) is 3.19. The van der Waals surface area contributed by atoms with E-state index in [4.69, 9.17) is 4.98 Å². The summed E-state index contributed by atoms with van der Waals surface area (Å²) in [6, 6.07) is 23.6. The van der Waals surface area contributed by atoms with Crippen molar-refractivity contribution in [2.75, 3.05) is 11.1 Å². The van der Waals surface area contributed by atoms with Crippen LogP contribution in [0.4, 0.5) is 5.69 Å². The van der Waals surface area contributed by atoms with Crippen molar-refractivity contribution in [3.05, 3.63) is 91.4 Å². The molecule has 0 unspecified atom stereocenters. The number of carbonyl (C=O) groups excluding carboxylic acids is 1. The normalized spacial score (nSPS) is 10.6. The molecule has 1 amide bonds. The third kappa shape index (κ3) is 4.29. The molecule has 0 aliphatic carbocycles. The summed E-state index contributed by atoms with van der Waals surface area (Å²) in [6.07, 6.45) is 5.30. The highest BCUT2D eigenvalue weighted by Crippen LogP contribution is 2.27. The van der Waals surface area contributed by atoms with E-state index in [1.54, 1.807) is 18.5 Å². The molecule has 0 atom stereocenters. The molecular weight excluding hydrogens is 368 g/mol. The number of hydrogen-bond donors (Lipinski definition) is 1. The fourth-order valence-corrected chi connectivity index (χ4v) is 3.54. The molecule has 6 heteroatoms. The molecule has 4 rings (SSSR count). The standard InChI is InChI=1S/C22H18N4OS/c27-21(24-18-10-7-13-23-14-18)16-28-22-25-20(17-8-3-1-4-9-17)15-26(22)19-11-5-2-6-12-19/h1-15H,16H2,(H,24,27). The van der Waals surface area contributed by atoms with Crippen LogP contribution in [-0.2, 0) is 4.79 Å². The first-order valence-electron chi connectivity index (χ1n) is 8.82. The van der Waals surface area contributed by atoms with E-state index >= 15 is 0 Å². The predicted molar refractivity (Wildman–Crippen MR) is 113 cm³/mol. The van der Waals surface area contributed by atoms with E-state index in [-0.39, 0.29) is 11.7 Å². The number of benzene rings is 2. The predicted octanol–water partition coefficient (Wildman–Crippen LogP) is 4.67. The van der Waals surface area contributed by atoms with Gasteiger partial charge in [0.1, 0.15) is 0 Å². The van der Waals surface area contributed by atoms with Gasteiger partial charge in [-0.25, -0.2) is 4.98 Å². The molecule has 138 valence electrons. The van der Waals surface area contributed by atoms with Crippen molar-refractivity contribution < 1.29 is 4.79 Å². The number of rotatable bonds is 6. The maximum Gasteiger partial charge on any atom is 0.234 e. The molecule has 4 aromatic rings. The molecule has 0 bridgehead atoms. The van der Waals surface area contributed by atoms with E-state index in [2.05, 4.69) is 10.3 Å². The first kappa shape index (κ1) is 18.0.